The zero-order valence-corrected chi connectivity index (χ0v) is 28.4. The molecule has 0 N–H and O–H groups in total. The fraction of sp³-hybridized carbons (Fsp3) is 0.200. The summed E-state index contributed by atoms with van der Waals surface area (Å²) in [5.41, 5.74) is 0. The van der Waals surface area contributed by atoms with Gasteiger partial charge in [0.2, 0.25) is 0 Å². The molecule has 0 spiro atoms. The molecule has 0 aliphatic heterocycles. The third-order valence-corrected chi connectivity index (χ3v) is 25.0. The van der Waals surface area contributed by atoms with Crippen LogP contribution in [0.5, 0.6) is 0 Å². The van der Waals surface area contributed by atoms with Gasteiger partial charge in [-0.25, -0.2) is 0 Å². The zero-order valence-electron chi connectivity index (χ0n) is 22.1. The average molecular weight is 673 g/mol. The van der Waals surface area contributed by atoms with Crippen LogP contribution in [0, 0.1) is 0 Å². The second-order valence-corrected chi connectivity index (χ2v) is 25.7. The monoisotopic (exact) mass is 671 g/mol. The molecule has 0 radical (unpaired) electrons. The van der Waals surface area contributed by atoms with E-state index in [0.29, 0.717) is 0 Å². The van der Waals surface area contributed by atoms with Crippen LogP contribution in [0.4, 0.5) is 0 Å². The molecule has 0 bridgehead atoms. The molecule has 0 saturated carbocycles. The van der Waals surface area contributed by atoms with Gasteiger partial charge in [-0.3, -0.25) is 0 Å². The average Bonchev–Trinajstić information content (AvgIpc) is 2.93. The Morgan fingerprint density at radius 1 is 0.486 bits per heavy atom. The molecule has 37 heavy (non-hydrogen) atoms. The first-order chi connectivity index (χ1) is 17.8. The molecule has 0 fully saturated rings. The van der Waals surface area contributed by atoms with Crippen LogP contribution in [0.1, 0.15) is 0 Å². The number of benzene rings is 4. The molecule has 1 nitrogen and oxygen atoms in total. The van der Waals surface area contributed by atoms with E-state index < -0.39 is 32.3 Å². The topological polar surface area (TPSA) is 14.1 Å². The number of nitrogens with zero attached hydrogens (tertiary/aromatic N) is 1. The molecule has 0 amide bonds. The SMILES string of the molecule is C[Si](C)(C[PH+](c1ccccc1)c1ccccc1)[N-][Si](C)(C)C[PH+](c1ccccc1)c1ccccc1.[Cl][Pd+]. The summed E-state index contributed by atoms with van der Waals surface area (Å²) in [6.45, 7) is 10.0. The second-order valence-electron chi connectivity index (χ2n) is 10.5. The van der Waals surface area contributed by atoms with Gasteiger partial charge in [-0.05, 0) is 65.0 Å². The zero-order chi connectivity index (χ0) is 26.7. The minimum absolute atomic E-state index is 0.861. The molecule has 0 saturated heterocycles. The van der Waals surface area contributed by atoms with E-state index in [2.05, 4.69) is 175 Å². The molecule has 4 rings (SSSR count). The van der Waals surface area contributed by atoms with Crippen LogP contribution < -0.4 is 21.2 Å². The molecule has 0 heterocycles. The van der Waals surface area contributed by atoms with Gasteiger partial charge >= 0.3 is 27.7 Å². The predicted molar refractivity (Wildman–Crippen MR) is 175 cm³/mol. The summed E-state index contributed by atoms with van der Waals surface area (Å²) in [5, 5.41) is 6.05. The van der Waals surface area contributed by atoms with Crippen molar-refractivity contribution in [3.63, 3.8) is 0 Å². The fourth-order valence-electron chi connectivity index (χ4n) is 5.06. The quantitative estimate of drug-likeness (QED) is 0.124. The summed E-state index contributed by atoms with van der Waals surface area (Å²) in [5.74, 6) is 2.50. The molecule has 196 valence electrons. The van der Waals surface area contributed by atoms with Crippen molar-refractivity contribution in [2.75, 3.05) is 11.6 Å². The Bertz CT molecular complexity index is 1010. The van der Waals surface area contributed by atoms with Gasteiger partial charge in [-0.15, -0.1) is 0 Å². The molecule has 0 atom stereocenters. The Kier molecular flexibility index (Phi) is 12.4. The number of rotatable bonds is 10. The summed E-state index contributed by atoms with van der Waals surface area (Å²) in [6, 6.07) is 44.8. The van der Waals surface area contributed by atoms with Crippen molar-refractivity contribution >= 4 is 63.1 Å². The van der Waals surface area contributed by atoms with Gasteiger partial charge in [0.25, 0.3) is 0 Å². The molecular weight excluding hydrogens is 634 g/mol. The van der Waals surface area contributed by atoms with Crippen molar-refractivity contribution in [3.05, 3.63) is 126 Å². The summed E-state index contributed by atoms with van der Waals surface area (Å²) >= 11 is 2.22. The van der Waals surface area contributed by atoms with Gasteiger partial charge in [-0.1, -0.05) is 99.0 Å². The van der Waals surface area contributed by atoms with Crippen LogP contribution in [0.2, 0.25) is 26.2 Å². The van der Waals surface area contributed by atoms with E-state index in [1.165, 1.54) is 32.8 Å². The molecule has 0 aliphatic rings. The van der Waals surface area contributed by atoms with Gasteiger partial charge in [0.15, 0.2) is 0 Å². The first-order valence-corrected chi connectivity index (χ1v) is 24.3. The Balaban J connectivity index is 0.00000186. The van der Waals surface area contributed by atoms with E-state index >= 15 is 0 Å². The molecule has 4 aromatic rings. The Morgan fingerprint density at radius 2 is 0.703 bits per heavy atom. The predicted octanol–water partition coefficient (Wildman–Crippen LogP) is 7.27. The van der Waals surface area contributed by atoms with Gasteiger partial charge in [0, 0.05) is 11.6 Å². The van der Waals surface area contributed by atoms with E-state index in [0.717, 1.165) is 0 Å². The van der Waals surface area contributed by atoms with Crippen molar-refractivity contribution in [3.8, 4) is 0 Å². The summed E-state index contributed by atoms with van der Waals surface area (Å²) < 4.78 is 5.85. The fourth-order valence-corrected chi connectivity index (χ4v) is 26.9. The van der Waals surface area contributed by atoms with E-state index in [9.17, 15) is 0 Å². The van der Waals surface area contributed by atoms with Crippen LogP contribution >= 0.6 is 25.4 Å². The Labute approximate surface area is 243 Å². The molecule has 0 unspecified atom stereocenters. The van der Waals surface area contributed by atoms with Crippen molar-refractivity contribution < 1.29 is 18.2 Å². The van der Waals surface area contributed by atoms with E-state index in [1.807, 2.05) is 0 Å². The third kappa shape index (κ3) is 9.65. The normalized spacial score (nSPS) is 11.8. The van der Waals surface area contributed by atoms with E-state index in [4.69, 9.17) is 4.65 Å². The molecule has 0 aliphatic carbocycles. The molecule has 0 aromatic heterocycles. The maximum absolute atomic E-state index is 5.85. The van der Waals surface area contributed by atoms with Crippen LogP contribution in [-0.4, -0.2) is 28.0 Å². The third-order valence-electron chi connectivity index (χ3n) is 6.31. The maximum atomic E-state index is 5.85. The van der Waals surface area contributed by atoms with Crippen molar-refractivity contribution in [1.82, 2.24) is 0 Å². The van der Waals surface area contributed by atoms with Gasteiger partial charge < -0.3 is 4.65 Å². The first kappa shape index (κ1) is 30.6. The molecule has 7 heteroatoms. The van der Waals surface area contributed by atoms with E-state index in [1.54, 1.807) is 0 Å². The van der Waals surface area contributed by atoms with Gasteiger partial charge in [-0.2, -0.15) is 0 Å². The van der Waals surface area contributed by atoms with Crippen LogP contribution in [0.3, 0.4) is 0 Å². The first-order valence-electron chi connectivity index (χ1n) is 12.6. The number of hydrogen-bond donors (Lipinski definition) is 0. The van der Waals surface area contributed by atoms with Crippen molar-refractivity contribution in [2.45, 2.75) is 26.2 Å². The summed E-state index contributed by atoms with van der Waals surface area (Å²) in [4.78, 5) is 0. The van der Waals surface area contributed by atoms with Gasteiger partial charge in [0.1, 0.15) is 0 Å². The van der Waals surface area contributed by atoms with Crippen LogP contribution in [-0.2, 0) is 18.2 Å². The summed E-state index contributed by atoms with van der Waals surface area (Å²) in [6.07, 6.45) is 0. The number of halogens is 1. The molecular formula is C30H38ClNP2PdSi2+2. The second kappa shape index (κ2) is 15.0. The Morgan fingerprint density at radius 3 is 0.919 bits per heavy atom. The summed E-state index contributed by atoms with van der Waals surface area (Å²) in [7, 11) is -0.809. The van der Waals surface area contributed by atoms with E-state index in [-0.39, 0.29) is 0 Å². The molecule has 4 aromatic carbocycles. The van der Waals surface area contributed by atoms with Gasteiger partial charge in [0.05, 0.1) is 37.1 Å². The Hall–Kier alpha value is -0.914. The number of hydrogen-bond acceptors (Lipinski definition) is 0. The minimum atomic E-state index is -1.79. The van der Waals surface area contributed by atoms with Crippen LogP contribution in [0.25, 0.3) is 4.65 Å². The van der Waals surface area contributed by atoms with Crippen molar-refractivity contribution in [1.29, 1.82) is 0 Å². The standard InChI is InChI=1S/C30H36NP2Si2.ClH.Pd/c1-34(2,25-32(27-17-9-5-10-18-27)28-19-11-6-12-20-28)31-35(3,4)26-33(29-21-13-7-14-22-29)30-23-15-8-16-24-30;;/h5-24H,25-26H2,1-4H3;1H;/q-1;;+2/p+1. The van der Waals surface area contributed by atoms with Crippen molar-refractivity contribution in [2.24, 2.45) is 0 Å². The van der Waals surface area contributed by atoms with Crippen LogP contribution in [0.15, 0.2) is 121 Å².